The summed E-state index contributed by atoms with van der Waals surface area (Å²) in [6, 6.07) is 15.7. The highest BCUT2D eigenvalue weighted by atomic mass is 16.5. The number of rotatable bonds is 2. The van der Waals surface area contributed by atoms with Gasteiger partial charge in [-0.15, -0.1) is 0 Å². The molecular weight excluding hydrogens is 418 g/mol. The number of hydrogen-bond donors (Lipinski definition) is 1. The van der Waals surface area contributed by atoms with Crippen LogP contribution in [0.4, 0.5) is 0 Å². The molecule has 168 valence electrons. The van der Waals surface area contributed by atoms with Gasteiger partial charge in [-0.3, -0.25) is 9.69 Å². The first kappa shape index (κ1) is 20.0. The fourth-order valence-electron chi connectivity index (χ4n) is 5.18. The highest BCUT2D eigenvalue weighted by Gasteiger charge is 2.58. The molecule has 8 nitrogen and oxygen atoms in total. The van der Waals surface area contributed by atoms with E-state index in [1.807, 2.05) is 65.5 Å². The number of guanidine groups is 1. The third-order valence-corrected chi connectivity index (χ3v) is 6.82. The van der Waals surface area contributed by atoms with Crippen molar-refractivity contribution in [1.82, 2.24) is 14.5 Å². The predicted octanol–water partition coefficient (Wildman–Crippen LogP) is 2.85. The number of amides is 1. The second kappa shape index (κ2) is 7.18. The summed E-state index contributed by atoms with van der Waals surface area (Å²) >= 11 is 0. The zero-order valence-electron chi connectivity index (χ0n) is 18.4. The van der Waals surface area contributed by atoms with Crippen LogP contribution in [-0.4, -0.2) is 52.2 Å². The largest absolute Gasteiger partial charge is 0.484 e. The van der Waals surface area contributed by atoms with E-state index in [2.05, 4.69) is 0 Å². The summed E-state index contributed by atoms with van der Waals surface area (Å²) in [4.78, 5) is 24.6. The molecule has 0 aliphatic carbocycles. The summed E-state index contributed by atoms with van der Waals surface area (Å²) in [7, 11) is 1.67. The number of aliphatic imine (C=N–C) groups is 1. The molecule has 2 N–H and O–H groups in total. The van der Waals surface area contributed by atoms with Crippen LogP contribution in [0.3, 0.4) is 0 Å². The van der Waals surface area contributed by atoms with Crippen molar-refractivity contribution in [3.8, 4) is 22.8 Å². The number of carbonyl (C=O) groups is 1. The zero-order chi connectivity index (χ0) is 22.6. The van der Waals surface area contributed by atoms with Gasteiger partial charge in [0.2, 0.25) is 0 Å². The van der Waals surface area contributed by atoms with Gasteiger partial charge in [-0.1, -0.05) is 6.07 Å². The van der Waals surface area contributed by atoms with Crippen molar-refractivity contribution in [2.45, 2.75) is 30.4 Å². The third kappa shape index (κ3) is 3.05. The first-order chi connectivity index (χ1) is 16.0. The second-order valence-electron chi connectivity index (χ2n) is 8.99. The maximum Gasteiger partial charge on any atom is 0.261 e. The maximum atomic E-state index is 13.6. The lowest BCUT2D eigenvalue weighted by molar-refractivity contribution is -0.139. The van der Waals surface area contributed by atoms with E-state index in [4.69, 9.17) is 25.2 Å². The summed E-state index contributed by atoms with van der Waals surface area (Å²) in [5.74, 6) is 1.55. The number of aromatic nitrogens is 2. The van der Waals surface area contributed by atoms with Crippen LogP contribution in [0.25, 0.3) is 17.1 Å². The molecule has 33 heavy (non-hydrogen) atoms. The van der Waals surface area contributed by atoms with Crippen LogP contribution in [-0.2, 0) is 15.1 Å². The number of nitrogens with two attached hydrogens (primary N) is 1. The molecule has 2 aromatic heterocycles. The van der Waals surface area contributed by atoms with Crippen molar-refractivity contribution in [2.75, 3.05) is 20.3 Å². The molecule has 2 atom stereocenters. The molecule has 1 saturated heterocycles. The normalized spacial score (nSPS) is 26.4. The Balaban J connectivity index is 1.49. The second-order valence-corrected chi connectivity index (χ2v) is 8.99. The highest BCUT2D eigenvalue weighted by Crippen LogP contribution is 2.51. The minimum atomic E-state index is -1.12. The van der Waals surface area contributed by atoms with Crippen LogP contribution in [0, 0.1) is 0 Å². The van der Waals surface area contributed by atoms with Crippen molar-refractivity contribution in [2.24, 2.45) is 10.7 Å². The van der Waals surface area contributed by atoms with Crippen molar-refractivity contribution < 1.29 is 14.3 Å². The molecule has 0 saturated carbocycles. The molecule has 8 heteroatoms. The molecule has 3 aromatic rings. The smallest absolute Gasteiger partial charge is 0.261 e. The topological polar surface area (TPSA) is 95.0 Å². The lowest BCUT2D eigenvalue weighted by Crippen LogP contribution is -2.55. The van der Waals surface area contributed by atoms with E-state index in [9.17, 15) is 4.79 Å². The van der Waals surface area contributed by atoms with Crippen molar-refractivity contribution in [1.29, 1.82) is 0 Å². The standard InChI is InChI=1S/C25H25N5O3/c1-29-22(31)25(28-23(29)26)15-24(10-5-13-32-16-24)33-20-9-8-17(14-18(20)25)19-6-4-7-21(27-19)30-11-2-3-12-30/h2-4,6-9,11-12,14H,5,10,13,15-16H2,1H3,(H2,26,28)/t24-,25+/m1/s1. The first-order valence-electron chi connectivity index (χ1n) is 11.2. The molecule has 0 unspecified atom stereocenters. The molecule has 5 heterocycles. The van der Waals surface area contributed by atoms with Crippen LogP contribution in [0.15, 0.2) is 65.9 Å². The van der Waals surface area contributed by atoms with E-state index in [1.54, 1.807) is 7.05 Å². The number of nitrogens with zero attached hydrogens (tertiary/aromatic N) is 4. The number of likely N-dealkylation sites (N-methyl/N-ethyl adjacent to an activating group) is 1. The molecule has 0 bridgehead atoms. The van der Waals surface area contributed by atoms with Gasteiger partial charge in [0.25, 0.3) is 5.91 Å². The summed E-state index contributed by atoms with van der Waals surface area (Å²) in [5.41, 5.74) is 6.84. The molecule has 1 aromatic carbocycles. The Labute approximate surface area is 191 Å². The summed E-state index contributed by atoms with van der Waals surface area (Å²) in [6.45, 7) is 1.13. The average molecular weight is 444 g/mol. The fraction of sp³-hybridized carbons (Fsp3) is 0.320. The van der Waals surface area contributed by atoms with Crippen LogP contribution in [0.5, 0.6) is 5.75 Å². The Morgan fingerprint density at radius 2 is 1.97 bits per heavy atom. The number of fused-ring (bicyclic) bond motifs is 2. The van der Waals surface area contributed by atoms with Gasteiger partial charge in [0, 0.05) is 43.6 Å². The fourth-order valence-corrected chi connectivity index (χ4v) is 5.18. The van der Waals surface area contributed by atoms with E-state index in [0.717, 1.165) is 35.5 Å². The van der Waals surface area contributed by atoms with Gasteiger partial charge in [0.15, 0.2) is 11.5 Å². The lowest BCUT2D eigenvalue weighted by atomic mass is 9.74. The zero-order valence-corrected chi connectivity index (χ0v) is 18.4. The van der Waals surface area contributed by atoms with Gasteiger partial charge in [0.1, 0.15) is 17.2 Å². The average Bonchev–Trinajstić information content (AvgIpc) is 3.44. The molecule has 6 rings (SSSR count). The first-order valence-corrected chi connectivity index (χ1v) is 11.2. The minimum Gasteiger partial charge on any atom is -0.484 e. The molecular formula is C25H25N5O3. The Morgan fingerprint density at radius 3 is 2.70 bits per heavy atom. The Hall–Kier alpha value is -3.65. The quantitative estimate of drug-likeness (QED) is 0.657. The number of carbonyl (C=O) groups excluding carboxylic acids is 1. The summed E-state index contributed by atoms with van der Waals surface area (Å²) in [5, 5.41) is 0. The Morgan fingerprint density at radius 1 is 1.12 bits per heavy atom. The molecule has 1 amide bonds. The van der Waals surface area contributed by atoms with E-state index in [1.165, 1.54) is 4.90 Å². The Kier molecular flexibility index (Phi) is 4.35. The Bertz CT molecular complexity index is 1260. The number of benzene rings is 1. The van der Waals surface area contributed by atoms with E-state index < -0.39 is 11.1 Å². The van der Waals surface area contributed by atoms with Crippen LogP contribution < -0.4 is 10.5 Å². The van der Waals surface area contributed by atoms with Gasteiger partial charge in [-0.05, 0) is 55.3 Å². The minimum absolute atomic E-state index is 0.138. The van der Waals surface area contributed by atoms with Gasteiger partial charge >= 0.3 is 0 Å². The third-order valence-electron chi connectivity index (χ3n) is 6.82. The van der Waals surface area contributed by atoms with Crippen LogP contribution >= 0.6 is 0 Å². The van der Waals surface area contributed by atoms with Gasteiger partial charge in [0.05, 0.1) is 12.3 Å². The van der Waals surface area contributed by atoms with E-state index >= 15 is 0 Å². The molecule has 0 radical (unpaired) electrons. The predicted molar refractivity (Wildman–Crippen MR) is 123 cm³/mol. The number of hydrogen-bond acceptors (Lipinski definition) is 6. The molecule has 1 fully saturated rings. The lowest BCUT2D eigenvalue weighted by Gasteiger charge is -2.46. The number of ether oxygens (including phenoxy) is 2. The van der Waals surface area contributed by atoms with Gasteiger partial charge in [-0.25, -0.2) is 9.98 Å². The molecule has 3 aliphatic rings. The van der Waals surface area contributed by atoms with Crippen LogP contribution in [0.2, 0.25) is 0 Å². The van der Waals surface area contributed by atoms with E-state index in [-0.39, 0.29) is 11.9 Å². The maximum absolute atomic E-state index is 13.6. The summed E-state index contributed by atoms with van der Waals surface area (Å²) in [6.07, 6.45) is 6.00. The monoisotopic (exact) mass is 443 g/mol. The summed E-state index contributed by atoms with van der Waals surface area (Å²) < 4.78 is 14.2. The highest BCUT2D eigenvalue weighted by molar-refractivity contribution is 6.07. The van der Waals surface area contributed by atoms with Crippen molar-refractivity contribution in [3.05, 3.63) is 66.5 Å². The SMILES string of the molecule is CN1C(=O)[C@@]2(C[C@@]3(CCCOC3)Oc3ccc(-c4cccc(-n5cccc5)n4)cc32)N=C1N. The van der Waals surface area contributed by atoms with Gasteiger partial charge < -0.3 is 19.8 Å². The van der Waals surface area contributed by atoms with E-state index in [0.29, 0.717) is 25.4 Å². The van der Waals surface area contributed by atoms with Gasteiger partial charge in [-0.2, -0.15) is 0 Å². The number of pyridine rings is 1. The van der Waals surface area contributed by atoms with Crippen molar-refractivity contribution in [3.63, 3.8) is 0 Å². The molecule has 3 aliphatic heterocycles. The van der Waals surface area contributed by atoms with Crippen molar-refractivity contribution >= 4 is 11.9 Å². The molecule has 2 spiro atoms. The van der Waals surface area contributed by atoms with Crippen LogP contribution in [0.1, 0.15) is 24.8 Å².